The minimum Gasteiger partial charge on any atom is -0.475 e. The average molecular weight is 561 g/mol. The van der Waals surface area contributed by atoms with Crippen molar-refractivity contribution in [3.05, 3.63) is 53.6 Å². The highest BCUT2D eigenvalue weighted by Gasteiger charge is 2.38. The summed E-state index contributed by atoms with van der Waals surface area (Å²) in [5.74, 6) is -1.82. The number of nitrogens with zero attached hydrogens (tertiary/aromatic N) is 6. The summed E-state index contributed by atoms with van der Waals surface area (Å²) in [4.78, 5) is 22.0. The Morgan fingerprint density at radius 2 is 1.74 bits per heavy atom. The van der Waals surface area contributed by atoms with Crippen molar-refractivity contribution < 1.29 is 36.2 Å². The largest absolute Gasteiger partial charge is 0.490 e. The number of nitrogen functional groups attached to an aromatic ring is 1. The Hall–Kier alpha value is -3.82. The second-order valence-corrected chi connectivity index (χ2v) is 9.30. The van der Waals surface area contributed by atoms with E-state index in [4.69, 9.17) is 15.6 Å². The van der Waals surface area contributed by atoms with Crippen LogP contribution in [0.25, 0.3) is 0 Å². The summed E-state index contributed by atoms with van der Waals surface area (Å²) >= 11 is 0. The molecule has 0 unspecified atom stereocenters. The highest BCUT2D eigenvalue weighted by atomic mass is 19.4. The smallest absolute Gasteiger partial charge is 0.475 e. The topological polar surface area (TPSA) is 129 Å². The van der Waals surface area contributed by atoms with Gasteiger partial charge in [-0.2, -0.15) is 31.3 Å². The van der Waals surface area contributed by atoms with E-state index in [2.05, 4.69) is 34.5 Å². The fraction of sp³-hybridized carbons (Fsp3) is 0.478. The third-order valence-electron chi connectivity index (χ3n) is 6.72. The molecule has 1 fully saturated rings. The van der Waals surface area contributed by atoms with Crippen molar-refractivity contribution in [2.24, 2.45) is 0 Å². The number of aromatic amines is 1. The van der Waals surface area contributed by atoms with E-state index in [1.165, 1.54) is 12.1 Å². The molecule has 0 saturated carbocycles. The minimum atomic E-state index is -5.08. The fourth-order valence-electron chi connectivity index (χ4n) is 4.81. The summed E-state index contributed by atoms with van der Waals surface area (Å²) in [7, 11) is 0. The average Bonchev–Trinajstić information content (AvgIpc) is 3.52. The van der Waals surface area contributed by atoms with E-state index in [-0.39, 0.29) is 6.04 Å². The molecule has 39 heavy (non-hydrogen) atoms. The number of H-pyrrole nitrogens is 1. The van der Waals surface area contributed by atoms with Gasteiger partial charge >= 0.3 is 18.3 Å². The van der Waals surface area contributed by atoms with Crippen molar-refractivity contribution >= 4 is 17.9 Å². The Balaban J connectivity index is 0.000000448. The number of alkyl halides is 6. The summed E-state index contributed by atoms with van der Waals surface area (Å²) in [6.45, 7) is 3.20. The molecule has 1 atom stereocenters. The lowest BCUT2D eigenvalue weighted by molar-refractivity contribution is -0.192. The first-order valence-electron chi connectivity index (χ1n) is 11.9. The zero-order chi connectivity index (χ0) is 28.4. The lowest BCUT2D eigenvalue weighted by atomic mass is 9.95. The molecule has 1 saturated heterocycles. The summed E-state index contributed by atoms with van der Waals surface area (Å²) < 4.78 is 72.7. The third kappa shape index (κ3) is 6.99. The molecule has 10 nitrogen and oxygen atoms in total. The SMILES string of the molecule is Nc1nc(N2CCC(N3Cc4cncn4C[C@@H]3Cc3ccc(C(F)(F)F)cc3)CC2)n[nH]1.O=C(O)C(F)(F)F. The summed E-state index contributed by atoms with van der Waals surface area (Å²) in [5, 5.41) is 14.0. The number of piperidine rings is 1. The maximum atomic E-state index is 12.9. The molecule has 1 aromatic carbocycles. The van der Waals surface area contributed by atoms with Crippen LogP contribution in [0.1, 0.15) is 29.7 Å². The van der Waals surface area contributed by atoms with Crippen molar-refractivity contribution in [1.82, 2.24) is 29.6 Å². The Bertz CT molecular complexity index is 1250. The second-order valence-electron chi connectivity index (χ2n) is 9.30. The van der Waals surface area contributed by atoms with E-state index in [0.29, 0.717) is 24.4 Å². The zero-order valence-corrected chi connectivity index (χ0v) is 20.5. The molecule has 0 spiro atoms. The second kappa shape index (κ2) is 11.1. The van der Waals surface area contributed by atoms with Gasteiger partial charge in [0.05, 0.1) is 17.6 Å². The Morgan fingerprint density at radius 3 is 2.28 bits per heavy atom. The Morgan fingerprint density at radius 1 is 1.10 bits per heavy atom. The normalized spacial score (nSPS) is 18.8. The standard InChI is InChI=1S/C21H25F3N8.C2HF3O2/c22-21(23,24)15-3-1-14(2-4-15)9-17-11-31-13-26-10-18(31)12-32(17)16-5-7-30(8-6-16)20-27-19(25)28-29-20;3-2(4,5)1(6)7/h1-4,10,13,16-17H,5-9,11-12H2,(H3,25,27,28,29);(H,6,7)/t17-;/m0./s1. The molecule has 16 heteroatoms. The predicted octanol–water partition coefficient (Wildman–Crippen LogP) is 3.33. The van der Waals surface area contributed by atoms with Crippen molar-refractivity contribution in [2.75, 3.05) is 23.7 Å². The van der Waals surface area contributed by atoms with Gasteiger partial charge in [-0.3, -0.25) is 4.90 Å². The third-order valence-corrected chi connectivity index (χ3v) is 6.72. The molecule has 2 aliphatic heterocycles. The Kier molecular flexibility index (Phi) is 8.04. The van der Waals surface area contributed by atoms with Gasteiger partial charge in [-0.05, 0) is 37.0 Å². The molecule has 0 radical (unpaired) electrons. The van der Waals surface area contributed by atoms with Crippen LogP contribution in [0.3, 0.4) is 0 Å². The molecule has 5 rings (SSSR count). The number of hydrogen-bond acceptors (Lipinski definition) is 7. The molecule has 2 aliphatic rings. The van der Waals surface area contributed by atoms with Crippen LogP contribution in [0, 0.1) is 0 Å². The number of imidazole rings is 1. The number of benzene rings is 1. The van der Waals surface area contributed by atoms with Crippen LogP contribution in [0.5, 0.6) is 0 Å². The minimum absolute atomic E-state index is 0.184. The van der Waals surface area contributed by atoms with E-state index in [1.807, 2.05) is 12.5 Å². The molecule has 4 N–H and O–H groups in total. The Labute approximate surface area is 218 Å². The van der Waals surface area contributed by atoms with Crippen LogP contribution in [-0.2, 0) is 30.5 Å². The number of fused-ring (bicyclic) bond motifs is 1. The quantitative estimate of drug-likeness (QED) is 0.415. The van der Waals surface area contributed by atoms with Crippen molar-refractivity contribution in [3.8, 4) is 0 Å². The number of carboxylic acids is 1. The number of aromatic nitrogens is 5. The van der Waals surface area contributed by atoms with Crippen molar-refractivity contribution in [3.63, 3.8) is 0 Å². The lowest BCUT2D eigenvalue weighted by Gasteiger charge is -2.44. The number of carboxylic acid groups (broad SMARTS) is 1. The van der Waals surface area contributed by atoms with Crippen LogP contribution in [0.4, 0.5) is 38.2 Å². The van der Waals surface area contributed by atoms with Crippen LogP contribution in [-0.4, -0.2) is 72.1 Å². The fourth-order valence-corrected chi connectivity index (χ4v) is 4.81. The van der Waals surface area contributed by atoms with Crippen molar-refractivity contribution in [1.29, 1.82) is 0 Å². The van der Waals surface area contributed by atoms with Gasteiger partial charge in [-0.25, -0.2) is 14.9 Å². The molecule has 212 valence electrons. The van der Waals surface area contributed by atoms with Crippen LogP contribution in [0.15, 0.2) is 36.8 Å². The number of nitrogens with one attached hydrogen (secondary N) is 1. The molecular weight excluding hydrogens is 534 g/mol. The van der Waals surface area contributed by atoms with E-state index in [0.717, 1.165) is 50.3 Å². The molecule has 2 aromatic heterocycles. The monoisotopic (exact) mass is 560 g/mol. The van der Waals surface area contributed by atoms with Gasteiger partial charge in [0.25, 0.3) is 0 Å². The highest BCUT2D eigenvalue weighted by molar-refractivity contribution is 5.73. The molecule has 0 bridgehead atoms. The number of carbonyl (C=O) groups is 1. The van der Waals surface area contributed by atoms with E-state index in [1.54, 1.807) is 12.1 Å². The number of hydrogen-bond donors (Lipinski definition) is 3. The van der Waals surface area contributed by atoms with Gasteiger partial charge in [0.2, 0.25) is 11.9 Å². The molecule has 0 amide bonds. The van der Waals surface area contributed by atoms with Gasteiger partial charge < -0.3 is 20.3 Å². The maximum absolute atomic E-state index is 12.9. The number of anilines is 2. The zero-order valence-electron chi connectivity index (χ0n) is 20.5. The van der Waals surface area contributed by atoms with Gasteiger partial charge in [0.15, 0.2) is 0 Å². The van der Waals surface area contributed by atoms with Crippen LogP contribution in [0.2, 0.25) is 0 Å². The molecule has 3 aromatic rings. The number of halogens is 6. The number of aliphatic carboxylic acids is 1. The predicted molar refractivity (Wildman–Crippen MR) is 126 cm³/mol. The first kappa shape index (κ1) is 28.2. The molecule has 4 heterocycles. The van der Waals surface area contributed by atoms with Crippen molar-refractivity contribution in [2.45, 2.75) is 56.8 Å². The highest BCUT2D eigenvalue weighted by Crippen LogP contribution is 2.31. The lowest BCUT2D eigenvalue weighted by Crippen LogP contribution is -2.53. The summed E-state index contributed by atoms with van der Waals surface area (Å²) in [6, 6.07) is 6.09. The number of rotatable bonds is 4. The van der Waals surface area contributed by atoms with E-state index < -0.39 is 23.9 Å². The summed E-state index contributed by atoms with van der Waals surface area (Å²) in [6.07, 6.45) is -3.08. The summed E-state index contributed by atoms with van der Waals surface area (Å²) in [5.41, 5.74) is 7.11. The molecule has 0 aliphatic carbocycles. The first-order chi connectivity index (χ1) is 18.3. The number of nitrogens with two attached hydrogens (primary N) is 1. The van der Waals surface area contributed by atoms with Gasteiger partial charge in [0.1, 0.15) is 0 Å². The van der Waals surface area contributed by atoms with Gasteiger partial charge in [0, 0.05) is 44.5 Å². The van der Waals surface area contributed by atoms with E-state index >= 15 is 0 Å². The van der Waals surface area contributed by atoms with Crippen LogP contribution < -0.4 is 10.6 Å². The molecular formula is C23H26F6N8O2. The van der Waals surface area contributed by atoms with Gasteiger partial charge in [-0.15, -0.1) is 5.10 Å². The van der Waals surface area contributed by atoms with Crippen LogP contribution >= 0.6 is 0 Å². The first-order valence-corrected chi connectivity index (χ1v) is 11.9. The van der Waals surface area contributed by atoms with Gasteiger partial charge in [-0.1, -0.05) is 12.1 Å². The van der Waals surface area contributed by atoms with E-state index in [9.17, 15) is 26.3 Å². The maximum Gasteiger partial charge on any atom is 0.490 e.